The maximum atomic E-state index is 14.2. The quantitative estimate of drug-likeness (QED) is 0.118. The number of H-pyrrole nitrogens is 1. The van der Waals surface area contributed by atoms with E-state index in [-0.39, 0.29) is 54.6 Å². The molecule has 17 nitrogen and oxygen atoms in total. The molecule has 5 aliphatic heterocycles. The monoisotopic (exact) mass is 975 g/mol. The summed E-state index contributed by atoms with van der Waals surface area (Å²) in [5.41, 5.74) is 6.69. The van der Waals surface area contributed by atoms with E-state index >= 15 is 0 Å². The van der Waals surface area contributed by atoms with E-state index in [9.17, 15) is 24.6 Å². The molecule has 6 aliphatic rings. The van der Waals surface area contributed by atoms with Crippen molar-refractivity contribution in [1.29, 1.82) is 0 Å². The minimum Gasteiger partial charge on any atom is -0.507 e. The molecular formula is C55H66N12O5. The highest BCUT2D eigenvalue weighted by molar-refractivity contribution is 5.93. The van der Waals surface area contributed by atoms with Crippen LogP contribution in [0, 0.1) is 23.2 Å². The van der Waals surface area contributed by atoms with E-state index in [0.717, 1.165) is 98.6 Å². The van der Waals surface area contributed by atoms with Gasteiger partial charge < -0.3 is 40.5 Å². The number of fused-ring (bicyclic) bond motifs is 3. The lowest BCUT2D eigenvalue weighted by molar-refractivity contribution is -0.142. The Balaban J connectivity index is 0.619. The molecule has 5 aromatic rings. The smallest absolute Gasteiger partial charge is 0.318 e. The minimum atomic E-state index is -0.875. The average Bonchev–Trinajstić information content (AvgIpc) is 3.92. The summed E-state index contributed by atoms with van der Waals surface area (Å²) in [5.74, 6) is 3.22. The zero-order valence-corrected chi connectivity index (χ0v) is 41.7. The number of anilines is 1. The van der Waals surface area contributed by atoms with Crippen molar-refractivity contribution < 1.29 is 24.6 Å². The first-order valence-electron chi connectivity index (χ1n) is 25.7. The highest BCUT2D eigenvalue weighted by atomic mass is 16.3. The van der Waals surface area contributed by atoms with Crippen LogP contribution < -0.4 is 15.5 Å². The number of aromatic amines is 1. The van der Waals surface area contributed by atoms with Crippen LogP contribution in [0.3, 0.4) is 0 Å². The van der Waals surface area contributed by atoms with Crippen LogP contribution in [0.2, 0.25) is 0 Å². The number of phenols is 1. The van der Waals surface area contributed by atoms with Gasteiger partial charge in [-0.05, 0) is 98.5 Å². The summed E-state index contributed by atoms with van der Waals surface area (Å²) >= 11 is 0. The second-order valence-corrected chi connectivity index (χ2v) is 22.5. The molecule has 4 atom stereocenters. The van der Waals surface area contributed by atoms with Crippen LogP contribution in [0.5, 0.6) is 5.75 Å². The van der Waals surface area contributed by atoms with Crippen molar-refractivity contribution in [3.8, 4) is 29.4 Å². The lowest BCUT2D eigenvalue weighted by Gasteiger charge is -2.63. The summed E-state index contributed by atoms with van der Waals surface area (Å²) in [5, 5.41) is 37.0. The van der Waals surface area contributed by atoms with Gasteiger partial charge in [0.15, 0.2) is 5.65 Å². The molecule has 0 unspecified atom stereocenters. The van der Waals surface area contributed by atoms with E-state index in [0.29, 0.717) is 42.3 Å². The number of nitrogens with one attached hydrogen (secondary N) is 3. The standard InChI is InChI=1S/C55H66N12O5/c1-6-34-11-13-35(14-12-34)25-56-50(70)45-21-40(68)30-67(45)51(71)48(54(3,4)5)60-53(72)65-31-55(32-65)23-38(24-55)64-28-39(29-64)63-18-15-36(16-19-63)37-26-57-52(58-27-37)66-20-17-43-47(33(66)2)42-22-44(61-62-49(42)59-43)41-9-7-8-10-46(41)69/h1,7-14,22,26-27,33,36,38-40,45,48,68-69H,15-21,23-25,28-32H2,2-5H3,(H,56,70)(H,59,62)(H,60,72)/t33-,40-,45+,48-/m1/s1. The van der Waals surface area contributed by atoms with E-state index in [4.69, 9.17) is 16.4 Å². The SMILES string of the molecule is C#Cc1ccc(CNC(=O)[C@@H]2C[C@@H](O)CN2C(=O)[C@@H](NC(=O)N2CC3(CC(N4CC(N5CCC(c6cnc(N7CCc8[nH]c9nnc(-c%10ccccc%10O)cc9c8[C@H]7C)nc6)CC5)C4)C3)C2)C(C)(C)C)cc1. The number of aliphatic hydroxyl groups excluding tert-OH is 1. The first kappa shape index (κ1) is 47.7. The number of amides is 4. The molecule has 4 saturated heterocycles. The van der Waals surface area contributed by atoms with Crippen LogP contribution in [-0.4, -0.2) is 155 Å². The maximum absolute atomic E-state index is 14.2. The molecule has 0 radical (unpaired) electrons. The second-order valence-electron chi connectivity index (χ2n) is 22.5. The van der Waals surface area contributed by atoms with E-state index in [1.807, 2.05) is 80.5 Å². The fraction of sp³-hybridized carbons (Fsp3) is 0.509. The number of aromatic hydroxyl groups is 1. The lowest BCUT2D eigenvalue weighted by atomic mass is 9.60. The summed E-state index contributed by atoms with van der Waals surface area (Å²) < 4.78 is 0. The topological polar surface area (TPSA) is 199 Å². The summed E-state index contributed by atoms with van der Waals surface area (Å²) in [6, 6.07) is 15.7. The summed E-state index contributed by atoms with van der Waals surface area (Å²) in [6.07, 6.45) is 14.0. The second kappa shape index (κ2) is 18.8. The van der Waals surface area contributed by atoms with Crippen LogP contribution >= 0.6 is 0 Å². The Hall–Kier alpha value is -6.61. The highest BCUT2D eigenvalue weighted by Gasteiger charge is 2.57. The molecule has 376 valence electrons. The fourth-order valence-corrected chi connectivity index (χ4v) is 12.4. The Morgan fingerprint density at radius 2 is 1.67 bits per heavy atom. The Labute approximate surface area is 420 Å². The number of hydrogen-bond donors (Lipinski definition) is 5. The van der Waals surface area contributed by atoms with E-state index in [2.05, 4.69) is 53.4 Å². The number of terminal acetylenes is 1. The van der Waals surface area contributed by atoms with Gasteiger partial charge in [0.2, 0.25) is 17.8 Å². The molecule has 4 amide bonds. The third-order valence-corrected chi connectivity index (χ3v) is 16.7. The predicted molar refractivity (Wildman–Crippen MR) is 273 cm³/mol. The van der Waals surface area contributed by atoms with Gasteiger partial charge in [0.05, 0.1) is 17.8 Å². The molecule has 8 heterocycles. The normalized spacial score (nSPS) is 23.2. The average molecular weight is 975 g/mol. The van der Waals surface area contributed by atoms with Crippen molar-refractivity contribution in [1.82, 2.24) is 55.4 Å². The van der Waals surface area contributed by atoms with Gasteiger partial charge in [0, 0.05) is 116 Å². The highest BCUT2D eigenvalue weighted by Crippen LogP contribution is 2.51. The molecule has 2 aromatic carbocycles. The number of rotatable bonds is 10. The molecule has 3 aromatic heterocycles. The number of para-hydroxylation sites is 1. The number of benzene rings is 2. The fourth-order valence-electron chi connectivity index (χ4n) is 12.4. The van der Waals surface area contributed by atoms with E-state index in [1.165, 1.54) is 16.0 Å². The number of carbonyl (C=O) groups is 3. The Morgan fingerprint density at radius 1 is 0.944 bits per heavy atom. The largest absolute Gasteiger partial charge is 0.507 e. The van der Waals surface area contributed by atoms with Gasteiger partial charge in [-0.15, -0.1) is 16.6 Å². The number of likely N-dealkylation sites (tertiary alicyclic amines) is 4. The van der Waals surface area contributed by atoms with Crippen LogP contribution in [0.15, 0.2) is 67.0 Å². The number of carbonyl (C=O) groups excluding carboxylic acids is 3. The van der Waals surface area contributed by atoms with Crippen molar-refractivity contribution in [2.24, 2.45) is 10.8 Å². The Bertz CT molecular complexity index is 2880. The number of nitrogens with zero attached hydrogens (tertiary/aromatic N) is 9. The van der Waals surface area contributed by atoms with Crippen molar-refractivity contribution in [2.45, 2.75) is 115 Å². The van der Waals surface area contributed by atoms with Crippen LogP contribution in [0.4, 0.5) is 10.7 Å². The van der Waals surface area contributed by atoms with E-state index < -0.39 is 23.6 Å². The molecule has 11 rings (SSSR count). The number of aliphatic hydroxyl groups is 1. The van der Waals surface area contributed by atoms with Gasteiger partial charge in [0.25, 0.3) is 0 Å². The molecule has 17 heteroatoms. The maximum Gasteiger partial charge on any atom is 0.318 e. The molecule has 5 N–H and O–H groups in total. The van der Waals surface area contributed by atoms with Gasteiger partial charge in [-0.3, -0.25) is 19.4 Å². The molecule has 1 aliphatic carbocycles. The van der Waals surface area contributed by atoms with Gasteiger partial charge in [-0.25, -0.2) is 14.8 Å². The number of phenolic OH excluding ortho intramolecular Hbond substituents is 1. The first-order chi connectivity index (χ1) is 34.6. The van der Waals surface area contributed by atoms with Gasteiger partial charge in [-0.2, -0.15) is 0 Å². The van der Waals surface area contributed by atoms with Gasteiger partial charge in [-0.1, -0.05) is 51.0 Å². The van der Waals surface area contributed by atoms with Crippen molar-refractivity contribution in [3.05, 3.63) is 94.9 Å². The number of urea groups is 1. The molecule has 0 bridgehead atoms. The number of piperidine rings is 1. The molecule has 1 spiro atoms. The van der Waals surface area contributed by atoms with Crippen molar-refractivity contribution in [2.75, 3.05) is 57.3 Å². The third kappa shape index (κ3) is 9.02. The Morgan fingerprint density at radius 3 is 2.36 bits per heavy atom. The summed E-state index contributed by atoms with van der Waals surface area (Å²) in [6.45, 7) is 14.6. The lowest BCUT2D eigenvalue weighted by Crippen LogP contribution is -2.73. The zero-order valence-electron chi connectivity index (χ0n) is 41.7. The minimum absolute atomic E-state index is 0.0257. The third-order valence-electron chi connectivity index (χ3n) is 16.7. The molecule has 72 heavy (non-hydrogen) atoms. The number of aromatic nitrogens is 5. The Kier molecular flexibility index (Phi) is 12.4. The van der Waals surface area contributed by atoms with Gasteiger partial charge in [0.1, 0.15) is 17.8 Å². The number of hydrogen-bond acceptors (Lipinski definition) is 12. The molecule has 1 saturated carbocycles. The summed E-state index contributed by atoms with van der Waals surface area (Å²) in [7, 11) is 0. The molecule has 5 fully saturated rings. The van der Waals surface area contributed by atoms with Gasteiger partial charge >= 0.3 is 6.03 Å². The number of β-amino-alcohol motifs (C(OH)–C–C–N with tert-alkyl or cyclic N) is 1. The van der Waals surface area contributed by atoms with Crippen molar-refractivity contribution >= 4 is 34.8 Å². The summed E-state index contributed by atoms with van der Waals surface area (Å²) in [4.78, 5) is 65.4. The van der Waals surface area contributed by atoms with Crippen molar-refractivity contribution in [3.63, 3.8) is 0 Å². The first-order valence-corrected chi connectivity index (χ1v) is 25.7. The molecular weight excluding hydrogens is 909 g/mol. The van der Waals surface area contributed by atoms with Crippen LogP contribution in [-0.2, 0) is 22.6 Å². The van der Waals surface area contributed by atoms with Crippen LogP contribution in [0.25, 0.3) is 22.3 Å². The van der Waals surface area contributed by atoms with Crippen LogP contribution in [0.1, 0.15) is 99.7 Å². The predicted octanol–water partition coefficient (Wildman–Crippen LogP) is 4.96. The zero-order chi connectivity index (χ0) is 50.1. The van der Waals surface area contributed by atoms with E-state index in [1.54, 1.807) is 12.1 Å².